The third-order valence-corrected chi connectivity index (χ3v) is 4.81. The Balaban J connectivity index is 1.60. The molecule has 1 saturated heterocycles. The Hall–Kier alpha value is -2.80. The lowest BCUT2D eigenvalue weighted by Crippen LogP contribution is -2.53. The molecule has 0 spiro atoms. The number of amides is 2. The number of likely N-dealkylation sites (N-methyl/N-ethyl adjacent to an activating group) is 1. The van der Waals surface area contributed by atoms with Crippen molar-refractivity contribution in [2.24, 2.45) is 0 Å². The highest BCUT2D eigenvalue weighted by Crippen LogP contribution is 2.29. The summed E-state index contributed by atoms with van der Waals surface area (Å²) in [5, 5.41) is 2.83. The molecule has 2 amide bonds. The number of hydrogen-bond donors (Lipinski definition) is 1. The van der Waals surface area contributed by atoms with E-state index in [2.05, 4.69) is 5.32 Å². The van der Waals surface area contributed by atoms with Crippen molar-refractivity contribution in [2.75, 3.05) is 20.2 Å². The van der Waals surface area contributed by atoms with Gasteiger partial charge in [-0.15, -0.1) is 0 Å². The highest BCUT2D eigenvalue weighted by Gasteiger charge is 2.39. The van der Waals surface area contributed by atoms with E-state index in [9.17, 15) is 18.4 Å². The Bertz CT molecular complexity index is 825. The van der Waals surface area contributed by atoms with Crippen molar-refractivity contribution in [1.82, 2.24) is 10.2 Å². The number of nitrogens with zero attached hydrogens (tertiary/aromatic N) is 1. The summed E-state index contributed by atoms with van der Waals surface area (Å²) in [6.07, 6.45) is 0.505. The zero-order chi connectivity index (χ0) is 20.1. The molecular weight excluding hydrogens is 366 g/mol. The van der Waals surface area contributed by atoms with Crippen LogP contribution in [-0.2, 0) is 20.7 Å². The number of ether oxygens (including phenoxy) is 1. The van der Waals surface area contributed by atoms with Crippen molar-refractivity contribution in [2.45, 2.75) is 25.0 Å². The number of halogens is 2. The maximum Gasteiger partial charge on any atom is 0.251 e. The quantitative estimate of drug-likeness (QED) is 0.774. The number of hydrogen-bond acceptors (Lipinski definition) is 3. The van der Waals surface area contributed by atoms with Gasteiger partial charge < -0.3 is 15.0 Å². The van der Waals surface area contributed by atoms with E-state index in [0.29, 0.717) is 24.9 Å². The lowest BCUT2D eigenvalue weighted by atomic mass is 9.97. The van der Waals surface area contributed by atoms with Gasteiger partial charge in [0.2, 0.25) is 5.91 Å². The second-order valence-electron chi connectivity index (χ2n) is 6.75. The van der Waals surface area contributed by atoms with Crippen LogP contribution in [0.3, 0.4) is 0 Å². The Morgan fingerprint density at radius 3 is 2.36 bits per heavy atom. The minimum atomic E-state index is -0.876. The maximum absolute atomic E-state index is 13.2. The molecule has 0 radical (unpaired) electrons. The number of nitrogens with one attached hydrogen (secondary N) is 1. The zero-order valence-electron chi connectivity index (χ0n) is 15.5. The van der Waals surface area contributed by atoms with Crippen LogP contribution >= 0.6 is 0 Å². The van der Waals surface area contributed by atoms with Gasteiger partial charge in [0.05, 0.1) is 6.04 Å². The van der Waals surface area contributed by atoms with Gasteiger partial charge in [0, 0.05) is 13.6 Å². The fourth-order valence-corrected chi connectivity index (χ4v) is 3.25. The SMILES string of the molecule is CN1C(=O)CO[C@@H](C(=O)NCCCc2ccc(F)cc2)[C@H]1c1ccc(F)cc1. The van der Waals surface area contributed by atoms with Crippen LogP contribution in [0.2, 0.25) is 0 Å². The second kappa shape index (κ2) is 8.93. The van der Waals surface area contributed by atoms with Gasteiger partial charge in [0.1, 0.15) is 18.2 Å². The first-order chi connectivity index (χ1) is 13.5. The first-order valence-electron chi connectivity index (χ1n) is 9.10. The molecule has 2 atom stereocenters. The number of carbonyl (C=O) groups excluding carboxylic acids is 2. The number of aryl methyl sites for hydroxylation is 1. The molecule has 1 aliphatic heterocycles. The summed E-state index contributed by atoms with van der Waals surface area (Å²) >= 11 is 0. The molecular formula is C21H22F2N2O3. The topological polar surface area (TPSA) is 58.6 Å². The summed E-state index contributed by atoms with van der Waals surface area (Å²) in [7, 11) is 1.60. The largest absolute Gasteiger partial charge is 0.356 e. The van der Waals surface area contributed by atoms with Crippen molar-refractivity contribution in [3.8, 4) is 0 Å². The van der Waals surface area contributed by atoms with Crippen LogP contribution < -0.4 is 5.32 Å². The monoisotopic (exact) mass is 388 g/mol. The van der Waals surface area contributed by atoms with E-state index in [-0.39, 0.29) is 24.2 Å². The average Bonchev–Trinajstić information content (AvgIpc) is 2.69. The summed E-state index contributed by atoms with van der Waals surface area (Å²) in [5.41, 5.74) is 1.61. The number of benzene rings is 2. The van der Waals surface area contributed by atoms with Crippen molar-refractivity contribution in [3.63, 3.8) is 0 Å². The van der Waals surface area contributed by atoms with Gasteiger partial charge in [-0.1, -0.05) is 24.3 Å². The van der Waals surface area contributed by atoms with E-state index in [1.165, 1.54) is 29.2 Å². The van der Waals surface area contributed by atoms with Crippen molar-refractivity contribution in [1.29, 1.82) is 0 Å². The van der Waals surface area contributed by atoms with Crippen LogP contribution in [0.4, 0.5) is 8.78 Å². The maximum atomic E-state index is 13.2. The van der Waals surface area contributed by atoms with Crippen LogP contribution in [0, 0.1) is 11.6 Å². The van der Waals surface area contributed by atoms with E-state index in [1.54, 1.807) is 31.3 Å². The molecule has 7 heteroatoms. The molecule has 1 aliphatic rings. The van der Waals surface area contributed by atoms with Gasteiger partial charge in [-0.3, -0.25) is 9.59 Å². The first-order valence-corrected chi connectivity index (χ1v) is 9.10. The third-order valence-electron chi connectivity index (χ3n) is 4.81. The summed E-state index contributed by atoms with van der Waals surface area (Å²) in [4.78, 5) is 26.1. The van der Waals surface area contributed by atoms with E-state index >= 15 is 0 Å². The van der Waals surface area contributed by atoms with Crippen LogP contribution in [0.1, 0.15) is 23.6 Å². The van der Waals surface area contributed by atoms with Crippen LogP contribution in [-0.4, -0.2) is 43.0 Å². The average molecular weight is 388 g/mol. The number of rotatable bonds is 6. The van der Waals surface area contributed by atoms with Crippen LogP contribution in [0.15, 0.2) is 48.5 Å². The molecule has 0 aliphatic carbocycles. The normalized spacial score (nSPS) is 19.5. The predicted molar refractivity (Wildman–Crippen MR) is 99.4 cm³/mol. The molecule has 148 valence electrons. The smallest absolute Gasteiger partial charge is 0.251 e. The van der Waals surface area contributed by atoms with Gasteiger partial charge in [0.25, 0.3) is 5.91 Å². The Kier molecular flexibility index (Phi) is 6.36. The summed E-state index contributed by atoms with van der Waals surface area (Å²) in [5.74, 6) is -1.24. The molecule has 0 bridgehead atoms. The van der Waals surface area contributed by atoms with E-state index in [1.807, 2.05) is 0 Å². The second-order valence-corrected chi connectivity index (χ2v) is 6.75. The Morgan fingerprint density at radius 2 is 1.71 bits per heavy atom. The van der Waals surface area contributed by atoms with Gasteiger partial charge in [-0.25, -0.2) is 8.78 Å². The minimum absolute atomic E-state index is 0.179. The molecule has 1 heterocycles. The predicted octanol–water partition coefficient (Wildman–Crippen LogP) is 2.61. The third kappa shape index (κ3) is 4.72. The first kappa shape index (κ1) is 19.9. The summed E-state index contributed by atoms with van der Waals surface area (Å²) < 4.78 is 31.7. The van der Waals surface area contributed by atoms with Gasteiger partial charge in [-0.05, 0) is 48.2 Å². The zero-order valence-corrected chi connectivity index (χ0v) is 15.5. The van der Waals surface area contributed by atoms with E-state index < -0.39 is 18.0 Å². The summed E-state index contributed by atoms with van der Waals surface area (Å²) in [6, 6.07) is 11.3. The molecule has 0 saturated carbocycles. The molecule has 5 nitrogen and oxygen atoms in total. The highest BCUT2D eigenvalue weighted by atomic mass is 19.1. The molecule has 3 rings (SSSR count). The van der Waals surface area contributed by atoms with E-state index in [4.69, 9.17) is 4.74 Å². The Morgan fingerprint density at radius 1 is 1.11 bits per heavy atom. The van der Waals surface area contributed by atoms with Crippen molar-refractivity contribution >= 4 is 11.8 Å². The number of morpholine rings is 1. The minimum Gasteiger partial charge on any atom is -0.356 e. The van der Waals surface area contributed by atoms with Crippen LogP contribution in [0.25, 0.3) is 0 Å². The van der Waals surface area contributed by atoms with Gasteiger partial charge in [-0.2, -0.15) is 0 Å². The molecule has 28 heavy (non-hydrogen) atoms. The lowest BCUT2D eigenvalue weighted by Gasteiger charge is -2.38. The molecule has 0 unspecified atom stereocenters. The van der Waals surface area contributed by atoms with Crippen LogP contribution in [0.5, 0.6) is 0 Å². The van der Waals surface area contributed by atoms with Gasteiger partial charge >= 0.3 is 0 Å². The van der Waals surface area contributed by atoms with Crippen molar-refractivity contribution in [3.05, 3.63) is 71.3 Å². The number of carbonyl (C=O) groups is 2. The lowest BCUT2D eigenvalue weighted by molar-refractivity contribution is -0.162. The molecule has 1 N–H and O–H groups in total. The highest BCUT2D eigenvalue weighted by molar-refractivity contribution is 5.86. The molecule has 2 aromatic carbocycles. The fourth-order valence-electron chi connectivity index (χ4n) is 3.25. The standard InChI is InChI=1S/C21H22F2N2O3/c1-25-18(26)13-28-20(19(25)15-6-10-17(23)11-7-15)21(27)24-12-2-3-14-4-8-16(22)9-5-14/h4-11,19-20H,2-3,12-13H2,1H3,(H,24,27)/t19-,20-/m1/s1. The molecule has 0 aromatic heterocycles. The Labute approximate surface area is 162 Å². The van der Waals surface area contributed by atoms with Gasteiger partial charge in [0.15, 0.2) is 6.10 Å². The molecule has 1 fully saturated rings. The summed E-state index contributed by atoms with van der Waals surface area (Å²) in [6.45, 7) is 0.242. The van der Waals surface area contributed by atoms with E-state index in [0.717, 1.165) is 5.56 Å². The van der Waals surface area contributed by atoms with Crippen molar-refractivity contribution < 1.29 is 23.1 Å². The fraction of sp³-hybridized carbons (Fsp3) is 0.333. The molecule has 2 aromatic rings.